The van der Waals surface area contributed by atoms with Gasteiger partial charge in [0.15, 0.2) is 0 Å². The number of benzene rings is 2. The Balaban J connectivity index is 2.38. The molecule has 2 aromatic carbocycles. The highest BCUT2D eigenvalue weighted by atomic mass is 19.1. The molecule has 1 aliphatic rings. The lowest BCUT2D eigenvalue weighted by molar-refractivity contribution is -0.119. The molecular weight excluding hydrogens is 259 g/mol. The van der Waals surface area contributed by atoms with Crippen molar-refractivity contribution in [1.29, 1.82) is 0 Å². The SMILES string of the molecule is CC1C(=O)N(N=O)c2ccccc2-c2cc(F)ccc21. The van der Waals surface area contributed by atoms with Crippen LogP contribution in [0.3, 0.4) is 0 Å². The molecular formula is C15H11FN2O2. The van der Waals surface area contributed by atoms with Gasteiger partial charge in [-0.05, 0) is 36.2 Å². The number of para-hydroxylation sites is 1. The maximum Gasteiger partial charge on any atom is 0.257 e. The summed E-state index contributed by atoms with van der Waals surface area (Å²) < 4.78 is 13.5. The summed E-state index contributed by atoms with van der Waals surface area (Å²) in [7, 11) is 0. The topological polar surface area (TPSA) is 49.7 Å². The zero-order chi connectivity index (χ0) is 14.3. The predicted octanol–water partition coefficient (Wildman–Crippen LogP) is 3.62. The van der Waals surface area contributed by atoms with E-state index in [1.807, 2.05) is 0 Å². The number of halogens is 1. The minimum absolute atomic E-state index is 0.378. The molecule has 5 heteroatoms. The summed E-state index contributed by atoms with van der Waals surface area (Å²) in [5, 5.41) is 3.67. The van der Waals surface area contributed by atoms with Gasteiger partial charge in [0.2, 0.25) is 0 Å². The summed E-state index contributed by atoms with van der Waals surface area (Å²) in [6, 6.07) is 11.1. The molecule has 0 bridgehead atoms. The van der Waals surface area contributed by atoms with Gasteiger partial charge in [0.1, 0.15) is 5.82 Å². The van der Waals surface area contributed by atoms with E-state index in [0.29, 0.717) is 22.4 Å². The monoisotopic (exact) mass is 270 g/mol. The highest BCUT2D eigenvalue weighted by Crippen LogP contribution is 2.41. The Morgan fingerprint density at radius 3 is 2.65 bits per heavy atom. The number of nitroso groups, excluding NO2 is 1. The molecule has 4 nitrogen and oxygen atoms in total. The highest BCUT2D eigenvalue weighted by molar-refractivity contribution is 6.04. The van der Waals surface area contributed by atoms with Gasteiger partial charge in [0.05, 0.1) is 16.9 Å². The molecule has 0 radical (unpaired) electrons. The van der Waals surface area contributed by atoms with Crippen molar-refractivity contribution < 1.29 is 9.18 Å². The average Bonchev–Trinajstić information content (AvgIpc) is 2.55. The predicted molar refractivity (Wildman–Crippen MR) is 73.5 cm³/mol. The maximum absolute atomic E-state index is 13.5. The lowest BCUT2D eigenvalue weighted by Crippen LogP contribution is -2.28. The number of hydrogen-bond acceptors (Lipinski definition) is 3. The van der Waals surface area contributed by atoms with Crippen molar-refractivity contribution in [2.45, 2.75) is 12.8 Å². The number of anilines is 1. The van der Waals surface area contributed by atoms with E-state index in [-0.39, 0.29) is 5.82 Å². The molecule has 2 aromatic rings. The average molecular weight is 270 g/mol. The third-order valence-corrected chi connectivity index (χ3v) is 3.57. The molecule has 20 heavy (non-hydrogen) atoms. The normalized spacial score (nSPS) is 17.2. The Labute approximate surface area is 114 Å². The second kappa shape index (κ2) is 4.52. The summed E-state index contributed by atoms with van der Waals surface area (Å²) in [6.45, 7) is 1.68. The van der Waals surface area contributed by atoms with Crippen LogP contribution in [-0.2, 0) is 4.79 Å². The van der Waals surface area contributed by atoms with Crippen molar-refractivity contribution in [3.05, 3.63) is 58.8 Å². The number of fused-ring (bicyclic) bond motifs is 3. The maximum atomic E-state index is 13.5. The summed E-state index contributed by atoms with van der Waals surface area (Å²) in [5.74, 6) is -1.36. The molecule has 0 spiro atoms. The smallest absolute Gasteiger partial charge is 0.257 e. The third-order valence-electron chi connectivity index (χ3n) is 3.57. The first-order chi connectivity index (χ1) is 9.63. The minimum Gasteiger partial charge on any atom is -0.272 e. The van der Waals surface area contributed by atoms with Crippen LogP contribution in [0.2, 0.25) is 0 Å². The van der Waals surface area contributed by atoms with Crippen molar-refractivity contribution in [2.75, 3.05) is 5.01 Å². The minimum atomic E-state index is -0.560. The van der Waals surface area contributed by atoms with E-state index in [1.165, 1.54) is 12.1 Å². The van der Waals surface area contributed by atoms with E-state index in [1.54, 1.807) is 37.3 Å². The third kappa shape index (κ3) is 1.71. The van der Waals surface area contributed by atoms with Crippen LogP contribution in [0, 0.1) is 10.7 Å². The highest BCUT2D eigenvalue weighted by Gasteiger charge is 2.32. The van der Waals surface area contributed by atoms with Crippen LogP contribution >= 0.6 is 0 Å². The standard InChI is InChI=1S/C15H11FN2O2/c1-9-11-7-6-10(16)8-13(11)12-4-2-3-5-14(12)18(17-20)15(9)19/h2-9H,1H3. The molecule has 1 aliphatic heterocycles. The van der Waals surface area contributed by atoms with Gasteiger partial charge in [-0.15, -0.1) is 4.91 Å². The lowest BCUT2D eigenvalue weighted by atomic mass is 9.92. The number of hydrogen-bond donors (Lipinski definition) is 0. The van der Waals surface area contributed by atoms with Crippen LogP contribution in [0.1, 0.15) is 18.4 Å². The van der Waals surface area contributed by atoms with E-state index in [4.69, 9.17) is 0 Å². The second-order valence-electron chi connectivity index (χ2n) is 4.70. The van der Waals surface area contributed by atoms with E-state index < -0.39 is 11.8 Å². The molecule has 0 saturated carbocycles. The van der Waals surface area contributed by atoms with Crippen LogP contribution in [-0.4, -0.2) is 5.91 Å². The Kier molecular flexibility index (Phi) is 2.82. The molecule has 1 atom stereocenters. The van der Waals surface area contributed by atoms with E-state index in [0.717, 1.165) is 5.01 Å². The molecule has 100 valence electrons. The fourth-order valence-electron chi connectivity index (χ4n) is 2.54. The van der Waals surface area contributed by atoms with E-state index >= 15 is 0 Å². The zero-order valence-electron chi connectivity index (χ0n) is 10.7. The van der Waals surface area contributed by atoms with Gasteiger partial charge >= 0.3 is 0 Å². The molecule has 0 N–H and O–H groups in total. The Hall–Kier alpha value is -2.56. The van der Waals surface area contributed by atoms with Crippen LogP contribution in [0.15, 0.2) is 47.8 Å². The molecule has 1 unspecified atom stereocenters. The van der Waals surface area contributed by atoms with Crippen molar-refractivity contribution in [1.82, 2.24) is 0 Å². The first kappa shape index (κ1) is 12.5. The Morgan fingerprint density at radius 2 is 1.90 bits per heavy atom. The van der Waals surface area contributed by atoms with Crippen molar-refractivity contribution in [3.63, 3.8) is 0 Å². The summed E-state index contributed by atoms with van der Waals surface area (Å²) in [6.07, 6.45) is 0. The lowest BCUT2D eigenvalue weighted by Gasteiger charge is -2.15. The fourth-order valence-corrected chi connectivity index (χ4v) is 2.54. The Morgan fingerprint density at radius 1 is 1.15 bits per heavy atom. The second-order valence-corrected chi connectivity index (χ2v) is 4.70. The van der Waals surface area contributed by atoms with E-state index in [9.17, 15) is 14.1 Å². The van der Waals surface area contributed by atoms with Gasteiger partial charge in [0, 0.05) is 5.56 Å². The molecule has 0 aromatic heterocycles. The number of amides is 1. The van der Waals surface area contributed by atoms with Gasteiger partial charge in [-0.2, -0.15) is 5.01 Å². The van der Waals surface area contributed by atoms with Crippen LogP contribution in [0.5, 0.6) is 0 Å². The van der Waals surface area contributed by atoms with Gasteiger partial charge in [-0.3, -0.25) is 4.79 Å². The molecule has 0 saturated heterocycles. The first-order valence-corrected chi connectivity index (χ1v) is 6.19. The molecule has 0 fully saturated rings. The van der Waals surface area contributed by atoms with E-state index in [2.05, 4.69) is 5.29 Å². The first-order valence-electron chi connectivity index (χ1n) is 6.19. The van der Waals surface area contributed by atoms with Crippen molar-refractivity contribution in [3.8, 4) is 11.1 Å². The van der Waals surface area contributed by atoms with Crippen molar-refractivity contribution in [2.24, 2.45) is 5.29 Å². The zero-order valence-corrected chi connectivity index (χ0v) is 10.7. The van der Waals surface area contributed by atoms with Gasteiger partial charge < -0.3 is 0 Å². The number of rotatable bonds is 1. The Bertz CT molecular complexity index is 715. The fraction of sp³-hybridized carbons (Fsp3) is 0.133. The molecule has 1 heterocycles. The quantitative estimate of drug-likeness (QED) is 0.743. The van der Waals surface area contributed by atoms with Gasteiger partial charge in [-0.1, -0.05) is 24.3 Å². The summed E-state index contributed by atoms with van der Waals surface area (Å²) in [4.78, 5) is 23.4. The van der Waals surface area contributed by atoms with Gasteiger partial charge in [0.25, 0.3) is 5.91 Å². The summed E-state index contributed by atoms with van der Waals surface area (Å²) >= 11 is 0. The molecule has 0 aliphatic carbocycles. The van der Waals surface area contributed by atoms with Crippen LogP contribution in [0.25, 0.3) is 11.1 Å². The number of carbonyl (C=O) groups excluding carboxylic acids is 1. The van der Waals surface area contributed by atoms with Crippen LogP contribution in [0.4, 0.5) is 10.1 Å². The number of nitrogens with zero attached hydrogens (tertiary/aromatic N) is 2. The molecule has 1 amide bonds. The van der Waals surface area contributed by atoms with Crippen molar-refractivity contribution >= 4 is 11.6 Å². The largest absolute Gasteiger partial charge is 0.272 e. The molecule has 3 rings (SSSR count). The summed E-state index contributed by atoms with van der Waals surface area (Å²) in [5.41, 5.74) is 2.31. The van der Waals surface area contributed by atoms with Gasteiger partial charge in [-0.25, -0.2) is 4.39 Å². The number of carbonyl (C=O) groups is 1. The van der Waals surface area contributed by atoms with Crippen LogP contribution < -0.4 is 5.01 Å².